The fourth-order valence-electron chi connectivity index (χ4n) is 2.51. The summed E-state index contributed by atoms with van der Waals surface area (Å²) in [4.78, 5) is 1.15. The maximum atomic E-state index is 10.7. The van der Waals surface area contributed by atoms with Crippen molar-refractivity contribution < 1.29 is 5.11 Å². The molecule has 1 fully saturated rings. The van der Waals surface area contributed by atoms with Crippen LogP contribution in [0.3, 0.4) is 0 Å². The van der Waals surface area contributed by atoms with Gasteiger partial charge in [-0.15, -0.1) is 11.3 Å². The molecule has 1 aliphatic rings. The van der Waals surface area contributed by atoms with Gasteiger partial charge in [-0.3, -0.25) is 0 Å². The molecule has 0 spiro atoms. The summed E-state index contributed by atoms with van der Waals surface area (Å²) in [5, 5.41) is 12.7. The second kappa shape index (κ2) is 3.67. The topological polar surface area (TPSA) is 20.2 Å². The van der Waals surface area contributed by atoms with E-state index < -0.39 is 5.60 Å². The van der Waals surface area contributed by atoms with E-state index in [0.717, 1.165) is 17.7 Å². The van der Waals surface area contributed by atoms with Gasteiger partial charge >= 0.3 is 0 Å². The molecule has 1 N–H and O–H groups in total. The highest BCUT2D eigenvalue weighted by molar-refractivity contribution is 7.10. The van der Waals surface area contributed by atoms with Crippen LogP contribution in [0.2, 0.25) is 0 Å². The van der Waals surface area contributed by atoms with Crippen LogP contribution < -0.4 is 0 Å². The lowest BCUT2D eigenvalue weighted by Crippen LogP contribution is -2.39. The van der Waals surface area contributed by atoms with Gasteiger partial charge in [-0.1, -0.05) is 26.3 Å². The molecular weight excluding hydrogens is 192 g/mol. The number of hydrogen-bond donors (Lipinski definition) is 1. The number of rotatable bonds is 1. The molecule has 0 bridgehead atoms. The summed E-state index contributed by atoms with van der Waals surface area (Å²) in [6, 6.07) is 4.10. The Morgan fingerprint density at radius 2 is 2.29 bits per heavy atom. The fourth-order valence-corrected chi connectivity index (χ4v) is 3.47. The Morgan fingerprint density at radius 3 is 2.93 bits per heavy atom. The Bertz CT molecular complexity index is 293. The van der Waals surface area contributed by atoms with E-state index in [1.165, 1.54) is 6.42 Å². The van der Waals surface area contributed by atoms with Crippen LogP contribution in [0.15, 0.2) is 17.5 Å². The minimum atomic E-state index is -0.550. The van der Waals surface area contributed by atoms with Gasteiger partial charge in [0.25, 0.3) is 0 Å². The number of aliphatic hydroxyl groups is 1. The molecule has 0 saturated heterocycles. The molecule has 2 rings (SSSR count). The van der Waals surface area contributed by atoms with Gasteiger partial charge in [0.2, 0.25) is 0 Å². The smallest absolute Gasteiger partial charge is 0.102 e. The Hall–Kier alpha value is -0.340. The summed E-state index contributed by atoms with van der Waals surface area (Å²) in [6.45, 7) is 4.44. The Balaban J connectivity index is 2.30. The molecule has 1 aromatic heterocycles. The first-order valence-corrected chi connectivity index (χ1v) is 6.29. The average molecular weight is 210 g/mol. The van der Waals surface area contributed by atoms with Gasteiger partial charge in [0.05, 0.1) is 0 Å². The monoisotopic (exact) mass is 210 g/mol. The molecule has 1 aliphatic carbocycles. The third kappa shape index (κ3) is 1.51. The lowest BCUT2D eigenvalue weighted by molar-refractivity contribution is -0.0659. The van der Waals surface area contributed by atoms with Gasteiger partial charge in [-0.05, 0) is 36.1 Å². The van der Waals surface area contributed by atoms with Crippen LogP contribution in [0.4, 0.5) is 0 Å². The zero-order chi connectivity index (χ0) is 10.2. The van der Waals surface area contributed by atoms with Crippen molar-refractivity contribution in [1.29, 1.82) is 0 Å². The van der Waals surface area contributed by atoms with Gasteiger partial charge in [0.1, 0.15) is 5.60 Å². The third-order valence-electron chi connectivity index (χ3n) is 3.77. The number of thiophene rings is 1. The van der Waals surface area contributed by atoms with Crippen molar-refractivity contribution in [1.82, 2.24) is 0 Å². The zero-order valence-corrected chi connectivity index (χ0v) is 9.68. The predicted octanol–water partition coefficient (Wildman–Crippen LogP) is 3.39. The molecule has 0 radical (unpaired) electrons. The van der Waals surface area contributed by atoms with E-state index in [9.17, 15) is 5.11 Å². The minimum absolute atomic E-state index is 0.384. The first-order chi connectivity index (χ1) is 6.64. The Kier molecular flexibility index (Phi) is 2.67. The molecule has 14 heavy (non-hydrogen) atoms. The van der Waals surface area contributed by atoms with Crippen LogP contribution in [0.1, 0.15) is 38.0 Å². The molecule has 1 nitrogen and oxygen atoms in total. The molecule has 1 heterocycles. The van der Waals surface area contributed by atoms with Crippen molar-refractivity contribution in [3.63, 3.8) is 0 Å². The molecular formula is C12H18OS. The van der Waals surface area contributed by atoms with Crippen LogP contribution in [-0.2, 0) is 5.60 Å². The van der Waals surface area contributed by atoms with Crippen molar-refractivity contribution in [2.45, 2.75) is 38.7 Å². The summed E-state index contributed by atoms with van der Waals surface area (Å²) in [7, 11) is 0. The SMILES string of the molecule is CC1CCCC(O)(c2cccs2)C1C. The molecule has 0 amide bonds. The van der Waals surface area contributed by atoms with Crippen LogP contribution in [0, 0.1) is 11.8 Å². The summed E-state index contributed by atoms with van der Waals surface area (Å²) in [6.07, 6.45) is 3.34. The van der Waals surface area contributed by atoms with Crippen molar-refractivity contribution in [2.24, 2.45) is 11.8 Å². The fraction of sp³-hybridized carbons (Fsp3) is 0.667. The third-order valence-corrected chi connectivity index (χ3v) is 4.81. The van der Waals surface area contributed by atoms with E-state index in [-0.39, 0.29) is 0 Å². The highest BCUT2D eigenvalue weighted by atomic mass is 32.1. The van der Waals surface area contributed by atoms with Gasteiger partial charge in [0, 0.05) is 4.88 Å². The van der Waals surface area contributed by atoms with E-state index in [1.807, 2.05) is 6.07 Å². The van der Waals surface area contributed by atoms with Crippen molar-refractivity contribution >= 4 is 11.3 Å². The van der Waals surface area contributed by atoms with E-state index in [1.54, 1.807) is 11.3 Å². The highest BCUT2D eigenvalue weighted by Crippen LogP contribution is 2.45. The normalized spacial score (nSPS) is 38.5. The molecule has 1 saturated carbocycles. The van der Waals surface area contributed by atoms with Crippen molar-refractivity contribution in [3.8, 4) is 0 Å². The molecule has 2 heteroatoms. The quantitative estimate of drug-likeness (QED) is 0.753. The van der Waals surface area contributed by atoms with Gasteiger partial charge in [-0.25, -0.2) is 0 Å². The summed E-state index contributed by atoms with van der Waals surface area (Å²) in [5.41, 5.74) is -0.550. The van der Waals surface area contributed by atoms with Gasteiger partial charge in [0.15, 0.2) is 0 Å². The molecule has 1 aromatic rings. The number of hydrogen-bond acceptors (Lipinski definition) is 2. The first-order valence-electron chi connectivity index (χ1n) is 5.41. The second-order valence-electron chi connectivity index (χ2n) is 4.56. The van der Waals surface area contributed by atoms with Gasteiger partial charge < -0.3 is 5.11 Å². The van der Waals surface area contributed by atoms with Crippen LogP contribution in [0.5, 0.6) is 0 Å². The molecule has 0 aromatic carbocycles. The molecule has 3 unspecified atom stereocenters. The second-order valence-corrected chi connectivity index (χ2v) is 5.51. The predicted molar refractivity (Wildman–Crippen MR) is 60.4 cm³/mol. The van der Waals surface area contributed by atoms with Crippen LogP contribution in [0.25, 0.3) is 0 Å². The van der Waals surface area contributed by atoms with E-state index >= 15 is 0 Å². The van der Waals surface area contributed by atoms with Crippen molar-refractivity contribution in [3.05, 3.63) is 22.4 Å². The Labute approximate surface area is 89.8 Å². The standard InChI is InChI=1S/C12H18OS/c1-9-5-3-7-12(13,10(9)2)11-6-4-8-14-11/h4,6,8-10,13H,3,5,7H2,1-2H3. The first kappa shape index (κ1) is 10.2. The molecule has 3 atom stereocenters. The van der Waals surface area contributed by atoms with E-state index in [2.05, 4.69) is 25.3 Å². The lowest BCUT2D eigenvalue weighted by Gasteiger charge is -2.41. The van der Waals surface area contributed by atoms with E-state index in [4.69, 9.17) is 0 Å². The van der Waals surface area contributed by atoms with Crippen LogP contribution >= 0.6 is 11.3 Å². The molecule has 78 valence electrons. The summed E-state index contributed by atoms with van der Waals surface area (Å²) in [5.74, 6) is 1.02. The summed E-state index contributed by atoms with van der Waals surface area (Å²) < 4.78 is 0. The van der Waals surface area contributed by atoms with Gasteiger partial charge in [-0.2, -0.15) is 0 Å². The Morgan fingerprint density at radius 1 is 1.50 bits per heavy atom. The summed E-state index contributed by atoms with van der Waals surface area (Å²) >= 11 is 1.68. The maximum Gasteiger partial charge on any atom is 0.102 e. The zero-order valence-electron chi connectivity index (χ0n) is 8.86. The largest absolute Gasteiger partial charge is 0.384 e. The highest BCUT2D eigenvalue weighted by Gasteiger charge is 2.41. The average Bonchev–Trinajstić information content (AvgIpc) is 2.67. The van der Waals surface area contributed by atoms with E-state index in [0.29, 0.717) is 11.8 Å². The minimum Gasteiger partial charge on any atom is -0.384 e. The maximum absolute atomic E-state index is 10.7. The lowest BCUT2D eigenvalue weighted by atomic mass is 9.70. The van der Waals surface area contributed by atoms with Crippen LogP contribution in [-0.4, -0.2) is 5.11 Å². The molecule has 0 aliphatic heterocycles. The van der Waals surface area contributed by atoms with Crippen molar-refractivity contribution in [2.75, 3.05) is 0 Å².